The highest BCUT2D eigenvalue weighted by Crippen LogP contribution is 2.23. The lowest BCUT2D eigenvalue weighted by molar-refractivity contribution is 0.196. The van der Waals surface area contributed by atoms with Crippen molar-refractivity contribution in [3.05, 3.63) is 11.4 Å². The number of ether oxygens (including phenoxy) is 1. The van der Waals surface area contributed by atoms with Gasteiger partial charge in [0, 0.05) is 45.8 Å². The second kappa shape index (κ2) is 8.74. The Balaban J connectivity index is 2.96. The lowest BCUT2D eigenvalue weighted by Gasteiger charge is -2.22. The number of hydrogen-bond acceptors (Lipinski definition) is 5. The Morgan fingerprint density at radius 3 is 2.60 bits per heavy atom. The van der Waals surface area contributed by atoms with E-state index in [1.807, 2.05) is 0 Å². The molecule has 1 aromatic rings. The lowest BCUT2D eigenvalue weighted by Crippen LogP contribution is -2.23. The fraction of sp³-hybridized carbons (Fsp3) is 0.733. The molecule has 1 rings (SSSR count). The zero-order valence-electron chi connectivity index (χ0n) is 13.5. The molecule has 0 saturated carbocycles. The Kier molecular flexibility index (Phi) is 7.30. The summed E-state index contributed by atoms with van der Waals surface area (Å²) in [6, 6.07) is 0. The molecular weight excluding hydrogens is 252 g/mol. The van der Waals surface area contributed by atoms with Gasteiger partial charge in [-0.25, -0.2) is 9.97 Å². The minimum atomic E-state index is 0.774. The second-order valence-corrected chi connectivity index (χ2v) is 4.99. The molecule has 1 N–H and O–H groups in total. The first-order chi connectivity index (χ1) is 9.63. The number of nitrogens with zero attached hydrogens (tertiary/aromatic N) is 3. The highest BCUT2D eigenvalue weighted by Gasteiger charge is 2.13. The predicted molar refractivity (Wildman–Crippen MR) is 84.7 cm³/mol. The highest BCUT2D eigenvalue weighted by molar-refractivity contribution is 5.58. The molecule has 20 heavy (non-hydrogen) atoms. The van der Waals surface area contributed by atoms with E-state index in [1.54, 1.807) is 7.11 Å². The summed E-state index contributed by atoms with van der Waals surface area (Å²) in [5.74, 6) is 2.90. The first-order valence-electron chi connectivity index (χ1n) is 7.45. The summed E-state index contributed by atoms with van der Waals surface area (Å²) in [4.78, 5) is 11.5. The van der Waals surface area contributed by atoms with Crippen LogP contribution in [0.1, 0.15) is 38.1 Å². The van der Waals surface area contributed by atoms with Crippen molar-refractivity contribution in [1.82, 2.24) is 9.97 Å². The van der Waals surface area contributed by atoms with Crippen molar-refractivity contribution < 1.29 is 4.74 Å². The summed E-state index contributed by atoms with van der Waals surface area (Å²) < 4.78 is 5.11. The smallest absolute Gasteiger partial charge is 0.137 e. The van der Waals surface area contributed by atoms with Gasteiger partial charge < -0.3 is 15.0 Å². The maximum atomic E-state index is 5.11. The Morgan fingerprint density at radius 1 is 1.25 bits per heavy atom. The fourth-order valence-corrected chi connectivity index (χ4v) is 2.15. The lowest BCUT2D eigenvalue weighted by atomic mass is 10.2. The normalized spacial score (nSPS) is 10.7. The van der Waals surface area contributed by atoms with Crippen LogP contribution in [0.5, 0.6) is 0 Å². The molecule has 0 aliphatic heterocycles. The van der Waals surface area contributed by atoms with Gasteiger partial charge in [0.05, 0.1) is 0 Å². The molecule has 0 bridgehead atoms. The van der Waals surface area contributed by atoms with Crippen LogP contribution in [0.3, 0.4) is 0 Å². The van der Waals surface area contributed by atoms with E-state index in [0.29, 0.717) is 0 Å². The third-order valence-electron chi connectivity index (χ3n) is 3.19. The number of nitrogens with one attached hydrogen (secondary N) is 1. The van der Waals surface area contributed by atoms with Gasteiger partial charge in [0.1, 0.15) is 17.5 Å². The molecule has 0 aliphatic carbocycles. The number of rotatable bonds is 9. The van der Waals surface area contributed by atoms with Crippen molar-refractivity contribution in [1.29, 1.82) is 0 Å². The van der Waals surface area contributed by atoms with Gasteiger partial charge in [0.15, 0.2) is 0 Å². The molecule has 1 aromatic heterocycles. The van der Waals surface area contributed by atoms with Crippen LogP contribution < -0.4 is 10.2 Å². The molecule has 0 aliphatic rings. The molecule has 0 atom stereocenters. The summed E-state index contributed by atoms with van der Waals surface area (Å²) in [6.07, 6.45) is 2.97. The van der Waals surface area contributed by atoms with Gasteiger partial charge in [0.25, 0.3) is 0 Å². The van der Waals surface area contributed by atoms with Crippen LogP contribution >= 0.6 is 0 Å². The van der Waals surface area contributed by atoms with Crippen molar-refractivity contribution in [2.24, 2.45) is 0 Å². The maximum absolute atomic E-state index is 5.11. The number of aryl methyl sites for hydroxylation is 1. The maximum Gasteiger partial charge on any atom is 0.137 e. The molecule has 1 heterocycles. The van der Waals surface area contributed by atoms with E-state index in [4.69, 9.17) is 9.72 Å². The minimum Gasteiger partial charge on any atom is -0.385 e. The number of hydrogen-bond donors (Lipinski definition) is 1. The molecule has 114 valence electrons. The average molecular weight is 280 g/mol. The number of aromatic nitrogens is 2. The topological polar surface area (TPSA) is 50.3 Å². The summed E-state index contributed by atoms with van der Waals surface area (Å²) in [5, 5.41) is 3.33. The molecule has 0 amide bonds. The van der Waals surface area contributed by atoms with Gasteiger partial charge in [-0.05, 0) is 26.7 Å². The molecule has 0 unspecified atom stereocenters. The monoisotopic (exact) mass is 280 g/mol. The molecule has 0 fully saturated rings. The van der Waals surface area contributed by atoms with Crippen LogP contribution in [0.25, 0.3) is 0 Å². The van der Waals surface area contributed by atoms with Gasteiger partial charge in [-0.3, -0.25) is 0 Å². The Morgan fingerprint density at radius 2 is 2.00 bits per heavy atom. The van der Waals surface area contributed by atoms with E-state index in [2.05, 4.69) is 43.0 Å². The van der Waals surface area contributed by atoms with E-state index in [9.17, 15) is 0 Å². The van der Waals surface area contributed by atoms with E-state index in [0.717, 1.165) is 62.0 Å². The average Bonchev–Trinajstić information content (AvgIpc) is 2.43. The van der Waals surface area contributed by atoms with Crippen LogP contribution in [0.4, 0.5) is 11.6 Å². The molecular formula is C15H28N4O. The quantitative estimate of drug-likeness (QED) is 0.705. The molecule has 5 nitrogen and oxygen atoms in total. The molecule has 0 aromatic carbocycles. The summed E-state index contributed by atoms with van der Waals surface area (Å²) in [7, 11) is 3.81. The van der Waals surface area contributed by atoms with E-state index in [1.165, 1.54) is 0 Å². The largest absolute Gasteiger partial charge is 0.385 e. The third-order valence-corrected chi connectivity index (χ3v) is 3.19. The molecule has 0 saturated heterocycles. The summed E-state index contributed by atoms with van der Waals surface area (Å²) in [6.45, 7) is 8.90. The van der Waals surface area contributed by atoms with Crippen LogP contribution in [0.15, 0.2) is 0 Å². The molecule has 0 radical (unpaired) electrons. The zero-order valence-corrected chi connectivity index (χ0v) is 13.5. The van der Waals surface area contributed by atoms with Crippen LogP contribution in [-0.4, -0.2) is 43.8 Å². The summed E-state index contributed by atoms with van der Waals surface area (Å²) in [5.41, 5.74) is 1.12. The predicted octanol–water partition coefficient (Wildman–Crippen LogP) is 2.64. The van der Waals surface area contributed by atoms with E-state index in [-0.39, 0.29) is 0 Å². The third kappa shape index (κ3) is 4.63. The highest BCUT2D eigenvalue weighted by atomic mass is 16.5. The van der Waals surface area contributed by atoms with Crippen molar-refractivity contribution in [2.45, 2.75) is 40.0 Å². The first kappa shape index (κ1) is 16.7. The van der Waals surface area contributed by atoms with Crippen LogP contribution in [0, 0.1) is 6.92 Å². The van der Waals surface area contributed by atoms with Crippen molar-refractivity contribution in [3.8, 4) is 0 Å². The van der Waals surface area contributed by atoms with E-state index >= 15 is 0 Å². The van der Waals surface area contributed by atoms with Gasteiger partial charge in [-0.2, -0.15) is 0 Å². The Labute approximate surface area is 122 Å². The van der Waals surface area contributed by atoms with Crippen LogP contribution in [-0.2, 0) is 11.2 Å². The molecule has 5 heteroatoms. The van der Waals surface area contributed by atoms with Crippen LogP contribution in [0.2, 0.25) is 0 Å². The van der Waals surface area contributed by atoms with Crippen molar-refractivity contribution >= 4 is 11.6 Å². The number of anilines is 2. The Bertz CT molecular complexity index is 409. The van der Waals surface area contributed by atoms with Gasteiger partial charge in [-0.15, -0.1) is 0 Å². The van der Waals surface area contributed by atoms with Crippen molar-refractivity contribution in [3.63, 3.8) is 0 Å². The van der Waals surface area contributed by atoms with E-state index < -0.39 is 0 Å². The SMILES string of the molecule is CCCc1nc(NCC)c(C)c(N(C)CCCOC)n1. The second-order valence-electron chi connectivity index (χ2n) is 4.99. The van der Waals surface area contributed by atoms with Gasteiger partial charge in [0.2, 0.25) is 0 Å². The first-order valence-corrected chi connectivity index (χ1v) is 7.45. The van der Waals surface area contributed by atoms with Gasteiger partial charge in [-0.1, -0.05) is 6.92 Å². The minimum absolute atomic E-state index is 0.774. The zero-order chi connectivity index (χ0) is 15.0. The summed E-state index contributed by atoms with van der Waals surface area (Å²) >= 11 is 0. The Hall–Kier alpha value is -1.36. The standard InChI is InChI=1S/C15H28N4O/c1-6-9-13-17-14(16-7-2)12(3)15(18-13)19(4)10-8-11-20-5/h6-11H2,1-5H3,(H,16,17,18). The molecule has 0 spiro atoms. The van der Waals surface area contributed by atoms with Gasteiger partial charge >= 0.3 is 0 Å². The fourth-order valence-electron chi connectivity index (χ4n) is 2.15. The number of methoxy groups -OCH3 is 1. The van der Waals surface area contributed by atoms with Crippen molar-refractivity contribution in [2.75, 3.05) is 44.1 Å².